The van der Waals surface area contributed by atoms with Gasteiger partial charge in [-0.05, 0) is 56.4 Å². The Hall–Kier alpha value is -1.65. The smallest absolute Gasteiger partial charge is 0.0519 e. The number of aromatic amines is 1. The second-order valence-corrected chi connectivity index (χ2v) is 6.48. The Kier molecular flexibility index (Phi) is 6.24. The lowest BCUT2D eigenvalue weighted by Gasteiger charge is -2.21. The molecule has 1 saturated heterocycles. The minimum Gasteiger partial charge on any atom is -0.302 e. The number of aromatic nitrogens is 2. The number of H-pyrrole nitrogens is 1. The van der Waals surface area contributed by atoms with Crippen LogP contribution in [0, 0.1) is 0 Å². The van der Waals surface area contributed by atoms with Crippen molar-refractivity contribution in [2.45, 2.75) is 25.7 Å². The van der Waals surface area contributed by atoms with Crippen molar-refractivity contribution in [1.29, 1.82) is 0 Å². The standard InChI is InChI=1S/C19H28N4/c1-2-6-18(7-3-1)8-4-10-22-11-5-12-23(15-14-22)13-9-19-16-20-21-17-19/h1-3,6-7,16-17H,4-5,8-15H2,(H,20,21). The molecule has 124 valence electrons. The molecule has 1 aliphatic heterocycles. The van der Waals surface area contributed by atoms with Crippen LogP contribution in [-0.2, 0) is 12.8 Å². The van der Waals surface area contributed by atoms with Crippen LogP contribution in [0.1, 0.15) is 24.0 Å². The fourth-order valence-corrected chi connectivity index (χ4v) is 3.32. The van der Waals surface area contributed by atoms with Crippen molar-refractivity contribution in [3.63, 3.8) is 0 Å². The van der Waals surface area contributed by atoms with E-state index in [2.05, 4.69) is 50.3 Å². The summed E-state index contributed by atoms with van der Waals surface area (Å²) in [6.45, 7) is 7.26. The fraction of sp³-hybridized carbons (Fsp3) is 0.526. The number of nitrogens with zero attached hydrogens (tertiary/aromatic N) is 3. The Bertz CT molecular complexity index is 538. The third-order valence-electron chi connectivity index (χ3n) is 4.74. The average Bonchev–Trinajstić information content (AvgIpc) is 3.01. The van der Waals surface area contributed by atoms with Crippen LogP contribution in [0.5, 0.6) is 0 Å². The van der Waals surface area contributed by atoms with Gasteiger partial charge in [0.15, 0.2) is 0 Å². The molecular formula is C19H28N4. The molecule has 3 rings (SSSR count). The molecule has 1 N–H and O–H groups in total. The Balaban J connectivity index is 1.35. The molecule has 2 heterocycles. The van der Waals surface area contributed by atoms with Gasteiger partial charge >= 0.3 is 0 Å². The highest BCUT2D eigenvalue weighted by atomic mass is 15.2. The van der Waals surface area contributed by atoms with E-state index in [1.54, 1.807) is 0 Å². The van der Waals surface area contributed by atoms with Crippen molar-refractivity contribution >= 4 is 0 Å². The Morgan fingerprint density at radius 1 is 0.870 bits per heavy atom. The van der Waals surface area contributed by atoms with Crippen LogP contribution in [0.25, 0.3) is 0 Å². The van der Waals surface area contributed by atoms with Crippen LogP contribution in [0.3, 0.4) is 0 Å². The van der Waals surface area contributed by atoms with Gasteiger partial charge in [-0.25, -0.2) is 0 Å². The van der Waals surface area contributed by atoms with Gasteiger partial charge in [-0.2, -0.15) is 5.10 Å². The minimum absolute atomic E-state index is 1.10. The van der Waals surface area contributed by atoms with Crippen LogP contribution < -0.4 is 0 Å². The molecule has 4 heteroatoms. The molecule has 2 aromatic rings. The van der Waals surface area contributed by atoms with E-state index in [1.807, 2.05) is 12.4 Å². The van der Waals surface area contributed by atoms with Gasteiger partial charge in [0.25, 0.3) is 0 Å². The van der Waals surface area contributed by atoms with Gasteiger partial charge in [-0.1, -0.05) is 30.3 Å². The highest BCUT2D eigenvalue weighted by Crippen LogP contribution is 2.08. The summed E-state index contributed by atoms with van der Waals surface area (Å²) in [5, 5.41) is 6.92. The van der Waals surface area contributed by atoms with Gasteiger partial charge in [0.1, 0.15) is 0 Å². The Morgan fingerprint density at radius 3 is 2.39 bits per heavy atom. The SMILES string of the molecule is c1ccc(CCCN2CCCN(CCc3cn[nH]c3)CC2)cc1. The third kappa shape index (κ3) is 5.48. The lowest BCUT2D eigenvalue weighted by molar-refractivity contribution is 0.256. The summed E-state index contributed by atoms with van der Waals surface area (Å²) in [5.41, 5.74) is 2.78. The lowest BCUT2D eigenvalue weighted by Crippen LogP contribution is -2.32. The van der Waals surface area contributed by atoms with Crippen LogP contribution in [0.15, 0.2) is 42.7 Å². The van der Waals surface area contributed by atoms with Crippen LogP contribution >= 0.6 is 0 Å². The van der Waals surface area contributed by atoms with Crippen molar-refractivity contribution in [2.75, 3.05) is 39.3 Å². The molecule has 4 nitrogen and oxygen atoms in total. The zero-order chi connectivity index (χ0) is 15.7. The van der Waals surface area contributed by atoms with Gasteiger partial charge in [-0.15, -0.1) is 0 Å². The van der Waals surface area contributed by atoms with Gasteiger partial charge in [0, 0.05) is 25.8 Å². The second-order valence-electron chi connectivity index (χ2n) is 6.48. The Morgan fingerprint density at radius 2 is 1.65 bits per heavy atom. The molecule has 0 unspecified atom stereocenters. The third-order valence-corrected chi connectivity index (χ3v) is 4.74. The van der Waals surface area contributed by atoms with Gasteiger partial charge in [0.2, 0.25) is 0 Å². The zero-order valence-corrected chi connectivity index (χ0v) is 14.0. The molecule has 1 aromatic carbocycles. The topological polar surface area (TPSA) is 35.2 Å². The van der Waals surface area contributed by atoms with Crippen molar-refractivity contribution in [3.05, 3.63) is 53.9 Å². The first-order valence-corrected chi connectivity index (χ1v) is 8.86. The normalized spacial score (nSPS) is 17.2. The average molecular weight is 312 g/mol. The summed E-state index contributed by atoms with van der Waals surface area (Å²) in [6.07, 6.45) is 8.79. The highest BCUT2D eigenvalue weighted by Gasteiger charge is 2.14. The summed E-state index contributed by atoms with van der Waals surface area (Å²) in [7, 11) is 0. The fourth-order valence-electron chi connectivity index (χ4n) is 3.32. The molecule has 0 amide bonds. The molecule has 1 fully saturated rings. The number of hydrogen-bond acceptors (Lipinski definition) is 3. The number of aryl methyl sites for hydroxylation is 1. The lowest BCUT2D eigenvalue weighted by atomic mass is 10.1. The minimum atomic E-state index is 1.10. The molecule has 0 bridgehead atoms. The van der Waals surface area contributed by atoms with E-state index in [0.29, 0.717) is 0 Å². The molecule has 1 aliphatic rings. The van der Waals surface area contributed by atoms with E-state index in [-0.39, 0.29) is 0 Å². The number of nitrogens with one attached hydrogen (secondary N) is 1. The van der Waals surface area contributed by atoms with Crippen LogP contribution in [0.2, 0.25) is 0 Å². The van der Waals surface area contributed by atoms with E-state index >= 15 is 0 Å². The van der Waals surface area contributed by atoms with Gasteiger partial charge < -0.3 is 9.80 Å². The second kappa shape index (κ2) is 8.85. The maximum Gasteiger partial charge on any atom is 0.0519 e. The van der Waals surface area contributed by atoms with E-state index in [0.717, 1.165) is 13.0 Å². The molecule has 0 radical (unpaired) electrons. The summed E-state index contributed by atoms with van der Waals surface area (Å²) in [5.74, 6) is 0. The quantitative estimate of drug-likeness (QED) is 0.853. The highest BCUT2D eigenvalue weighted by molar-refractivity contribution is 5.14. The molecule has 1 aromatic heterocycles. The van der Waals surface area contributed by atoms with Crippen molar-refractivity contribution in [3.8, 4) is 0 Å². The predicted octanol–water partition coefficient (Wildman–Crippen LogP) is 2.59. The Labute approximate surface area is 139 Å². The summed E-state index contributed by atoms with van der Waals surface area (Å²) in [6, 6.07) is 10.8. The maximum absolute atomic E-state index is 4.02. The monoisotopic (exact) mass is 312 g/mol. The first kappa shape index (κ1) is 16.2. The van der Waals surface area contributed by atoms with E-state index < -0.39 is 0 Å². The van der Waals surface area contributed by atoms with Gasteiger partial charge in [-0.3, -0.25) is 5.10 Å². The zero-order valence-electron chi connectivity index (χ0n) is 14.0. The van der Waals surface area contributed by atoms with Crippen LogP contribution in [0.4, 0.5) is 0 Å². The summed E-state index contributed by atoms with van der Waals surface area (Å²) < 4.78 is 0. The molecule has 0 atom stereocenters. The maximum atomic E-state index is 4.02. The molecule has 0 spiro atoms. The van der Waals surface area contributed by atoms with E-state index in [1.165, 1.54) is 63.1 Å². The molecular weight excluding hydrogens is 284 g/mol. The predicted molar refractivity (Wildman–Crippen MR) is 94.6 cm³/mol. The van der Waals surface area contributed by atoms with E-state index in [9.17, 15) is 0 Å². The largest absolute Gasteiger partial charge is 0.302 e. The number of rotatable bonds is 7. The summed E-state index contributed by atoms with van der Waals surface area (Å²) in [4.78, 5) is 5.24. The molecule has 0 saturated carbocycles. The van der Waals surface area contributed by atoms with Crippen molar-refractivity contribution in [2.24, 2.45) is 0 Å². The van der Waals surface area contributed by atoms with Crippen LogP contribution in [-0.4, -0.2) is 59.3 Å². The first-order chi connectivity index (χ1) is 11.4. The molecule has 0 aliphatic carbocycles. The van der Waals surface area contributed by atoms with Crippen molar-refractivity contribution < 1.29 is 0 Å². The first-order valence-electron chi connectivity index (χ1n) is 8.86. The summed E-state index contributed by atoms with van der Waals surface area (Å²) >= 11 is 0. The molecule has 23 heavy (non-hydrogen) atoms. The van der Waals surface area contributed by atoms with Gasteiger partial charge in [0.05, 0.1) is 6.20 Å². The van der Waals surface area contributed by atoms with E-state index in [4.69, 9.17) is 0 Å². The number of benzene rings is 1. The number of hydrogen-bond donors (Lipinski definition) is 1. The van der Waals surface area contributed by atoms with Crippen molar-refractivity contribution in [1.82, 2.24) is 20.0 Å².